The molecular formula is C22H21N3O4. The number of amides is 1. The average Bonchev–Trinajstić information content (AvgIpc) is 2.74. The molecule has 0 unspecified atom stereocenters. The van der Waals surface area contributed by atoms with Crippen LogP contribution in [0, 0.1) is 10.1 Å². The van der Waals surface area contributed by atoms with Gasteiger partial charge in [-0.15, -0.1) is 0 Å². The molecule has 3 aromatic rings. The van der Waals surface area contributed by atoms with Gasteiger partial charge in [0.2, 0.25) is 0 Å². The first kappa shape index (κ1) is 18.9. The number of phenolic OH excluding ortho intramolecular Hbond substituents is 1. The zero-order chi connectivity index (χ0) is 20.4. The van der Waals surface area contributed by atoms with Gasteiger partial charge >= 0.3 is 5.69 Å². The zero-order valence-corrected chi connectivity index (χ0v) is 15.8. The molecule has 1 N–H and O–H groups in total. The number of nitrogens with zero attached hydrogens (tertiary/aromatic N) is 3. The molecule has 1 aliphatic heterocycles. The van der Waals surface area contributed by atoms with E-state index in [1.54, 1.807) is 4.90 Å². The number of nitro benzene ring substituents is 1. The lowest BCUT2D eigenvalue weighted by atomic mass is 10.0. The Bertz CT molecular complexity index is 1070. The van der Waals surface area contributed by atoms with E-state index in [1.807, 2.05) is 12.1 Å². The normalized spacial score (nSPS) is 14.8. The maximum Gasteiger partial charge on any atom is 0.311 e. The van der Waals surface area contributed by atoms with Crippen LogP contribution in [0.5, 0.6) is 5.75 Å². The molecule has 0 aliphatic carbocycles. The fourth-order valence-electron chi connectivity index (χ4n) is 3.77. The van der Waals surface area contributed by atoms with Gasteiger partial charge in [-0.05, 0) is 28.5 Å². The first-order valence-corrected chi connectivity index (χ1v) is 9.48. The highest BCUT2D eigenvalue weighted by molar-refractivity contribution is 5.95. The van der Waals surface area contributed by atoms with Crippen molar-refractivity contribution in [3.05, 3.63) is 81.9 Å². The average molecular weight is 391 g/mol. The van der Waals surface area contributed by atoms with Gasteiger partial charge in [0.1, 0.15) is 0 Å². The standard InChI is InChI=1S/C22H21N3O4/c26-21-9-8-17(14-20(21)25(28)29)22(27)24-12-10-23(11-13-24)15-18-6-3-5-16-4-1-2-7-19(16)18/h1-9,14,26H,10-13,15H2. The second-order valence-corrected chi connectivity index (χ2v) is 7.17. The molecule has 1 aliphatic rings. The van der Waals surface area contributed by atoms with Crippen LogP contribution < -0.4 is 0 Å². The predicted octanol–water partition coefficient (Wildman–Crippen LogP) is 3.41. The Morgan fingerprint density at radius 3 is 2.48 bits per heavy atom. The Labute approximate surface area is 167 Å². The van der Waals surface area contributed by atoms with E-state index in [4.69, 9.17) is 0 Å². The lowest BCUT2D eigenvalue weighted by Gasteiger charge is -2.35. The molecule has 1 amide bonds. The number of carbonyl (C=O) groups excluding carboxylic acids is 1. The van der Waals surface area contributed by atoms with Crippen molar-refractivity contribution < 1.29 is 14.8 Å². The van der Waals surface area contributed by atoms with Crippen molar-refractivity contribution in [1.29, 1.82) is 0 Å². The molecular weight excluding hydrogens is 370 g/mol. The van der Waals surface area contributed by atoms with Crippen molar-refractivity contribution in [3.63, 3.8) is 0 Å². The van der Waals surface area contributed by atoms with Crippen LogP contribution in [0.1, 0.15) is 15.9 Å². The summed E-state index contributed by atoms with van der Waals surface area (Å²) in [6, 6.07) is 18.4. The number of fused-ring (bicyclic) bond motifs is 1. The molecule has 0 atom stereocenters. The van der Waals surface area contributed by atoms with Crippen molar-refractivity contribution in [3.8, 4) is 5.75 Å². The lowest BCUT2D eigenvalue weighted by Crippen LogP contribution is -2.48. The molecule has 0 radical (unpaired) electrons. The molecule has 0 aromatic heterocycles. The molecule has 1 saturated heterocycles. The van der Waals surface area contributed by atoms with Crippen molar-refractivity contribution >= 4 is 22.4 Å². The number of piperazine rings is 1. The molecule has 7 heteroatoms. The highest BCUT2D eigenvalue weighted by atomic mass is 16.6. The van der Waals surface area contributed by atoms with Gasteiger partial charge in [0.15, 0.2) is 5.75 Å². The van der Waals surface area contributed by atoms with E-state index in [1.165, 1.54) is 28.5 Å². The summed E-state index contributed by atoms with van der Waals surface area (Å²) in [5.74, 6) is -0.690. The van der Waals surface area contributed by atoms with Gasteiger partial charge < -0.3 is 10.0 Å². The molecule has 148 valence electrons. The predicted molar refractivity (Wildman–Crippen MR) is 110 cm³/mol. The summed E-state index contributed by atoms with van der Waals surface area (Å²) < 4.78 is 0. The van der Waals surface area contributed by atoms with E-state index in [0.29, 0.717) is 13.1 Å². The van der Waals surface area contributed by atoms with Crippen LogP contribution in [0.4, 0.5) is 5.69 Å². The van der Waals surface area contributed by atoms with Crippen LogP contribution >= 0.6 is 0 Å². The number of hydrogen-bond donors (Lipinski definition) is 1. The highest BCUT2D eigenvalue weighted by Gasteiger charge is 2.24. The van der Waals surface area contributed by atoms with Gasteiger partial charge in [-0.2, -0.15) is 0 Å². The third kappa shape index (κ3) is 3.90. The number of rotatable bonds is 4. The van der Waals surface area contributed by atoms with Crippen LogP contribution in [0.15, 0.2) is 60.7 Å². The van der Waals surface area contributed by atoms with Crippen molar-refractivity contribution in [2.24, 2.45) is 0 Å². The van der Waals surface area contributed by atoms with E-state index >= 15 is 0 Å². The van der Waals surface area contributed by atoms with E-state index in [9.17, 15) is 20.0 Å². The Morgan fingerprint density at radius 1 is 1.00 bits per heavy atom. The van der Waals surface area contributed by atoms with Crippen LogP contribution in [0.25, 0.3) is 10.8 Å². The van der Waals surface area contributed by atoms with Crippen LogP contribution in [-0.2, 0) is 6.54 Å². The molecule has 7 nitrogen and oxygen atoms in total. The van der Waals surface area contributed by atoms with Crippen molar-refractivity contribution in [1.82, 2.24) is 9.80 Å². The highest BCUT2D eigenvalue weighted by Crippen LogP contribution is 2.27. The molecule has 0 bridgehead atoms. The van der Waals surface area contributed by atoms with Crippen LogP contribution in [0.2, 0.25) is 0 Å². The fraction of sp³-hybridized carbons (Fsp3) is 0.227. The summed E-state index contributed by atoms with van der Waals surface area (Å²) in [5.41, 5.74) is 1.03. The number of nitro groups is 1. The van der Waals surface area contributed by atoms with Gasteiger partial charge in [0.05, 0.1) is 4.92 Å². The summed E-state index contributed by atoms with van der Waals surface area (Å²) in [6.45, 7) is 3.38. The van der Waals surface area contributed by atoms with Gasteiger partial charge in [-0.25, -0.2) is 0 Å². The molecule has 0 saturated carbocycles. The van der Waals surface area contributed by atoms with Gasteiger partial charge in [-0.1, -0.05) is 42.5 Å². The number of aromatic hydroxyl groups is 1. The first-order valence-electron chi connectivity index (χ1n) is 9.48. The van der Waals surface area contributed by atoms with Gasteiger partial charge in [0.25, 0.3) is 5.91 Å². The summed E-state index contributed by atoms with van der Waals surface area (Å²) in [4.78, 5) is 27.1. The second kappa shape index (κ2) is 7.89. The summed E-state index contributed by atoms with van der Waals surface area (Å²) >= 11 is 0. The Morgan fingerprint density at radius 2 is 1.72 bits per heavy atom. The summed E-state index contributed by atoms with van der Waals surface area (Å²) in [7, 11) is 0. The van der Waals surface area contributed by atoms with Gasteiger partial charge in [0, 0.05) is 44.4 Å². The smallest absolute Gasteiger partial charge is 0.311 e. The molecule has 0 spiro atoms. The van der Waals surface area contributed by atoms with Gasteiger partial charge in [-0.3, -0.25) is 19.8 Å². The minimum Gasteiger partial charge on any atom is -0.502 e. The molecule has 3 aromatic carbocycles. The zero-order valence-electron chi connectivity index (χ0n) is 15.8. The molecule has 29 heavy (non-hydrogen) atoms. The Hall–Kier alpha value is -3.45. The third-order valence-electron chi connectivity index (χ3n) is 5.35. The summed E-state index contributed by atoms with van der Waals surface area (Å²) in [6.07, 6.45) is 0. The van der Waals surface area contributed by atoms with Crippen molar-refractivity contribution in [2.45, 2.75) is 6.54 Å². The SMILES string of the molecule is O=C(c1ccc(O)c([N+](=O)[O-])c1)N1CCN(Cc2cccc3ccccc23)CC1. The maximum absolute atomic E-state index is 12.7. The van der Waals surface area contributed by atoms with E-state index < -0.39 is 16.4 Å². The maximum atomic E-state index is 12.7. The minimum atomic E-state index is -0.686. The Kier molecular flexibility index (Phi) is 5.14. The first-order chi connectivity index (χ1) is 14.0. The quantitative estimate of drug-likeness (QED) is 0.544. The van der Waals surface area contributed by atoms with E-state index in [0.717, 1.165) is 25.7 Å². The van der Waals surface area contributed by atoms with Crippen LogP contribution in [-0.4, -0.2) is 51.9 Å². The van der Waals surface area contributed by atoms with E-state index in [2.05, 4.69) is 35.2 Å². The Balaban J connectivity index is 1.42. The lowest BCUT2D eigenvalue weighted by molar-refractivity contribution is -0.385. The third-order valence-corrected chi connectivity index (χ3v) is 5.35. The fourth-order valence-corrected chi connectivity index (χ4v) is 3.77. The largest absolute Gasteiger partial charge is 0.502 e. The van der Waals surface area contributed by atoms with Crippen LogP contribution in [0.3, 0.4) is 0 Å². The van der Waals surface area contributed by atoms with E-state index in [-0.39, 0.29) is 11.5 Å². The van der Waals surface area contributed by atoms with Crippen molar-refractivity contribution in [2.75, 3.05) is 26.2 Å². The number of hydrogen-bond acceptors (Lipinski definition) is 5. The topological polar surface area (TPSA) is 86.9 Å². The number of phenols is 1. The number of benzene rings is 3. The molecule has 1 fully saturated rings. The molecule has 4 rings (SSSR count). The minimum absolute atomic E-state index is 0.219. The molecule has 1 heterocycles. The number of carbonyl (C=O) groups is 1. The second-order valence-electron chi connectivity index (χ2n) is 7.17. The monoisotopic (exact) mass is 391 g/mol. The summed E-state index contributed by atoms with van der Waals surface area (Å²) in [5, 5.41) is 23.0.